The highest BCUT2D eigenvalue weighted by molar-refractivity contribution is 7.55. The molecule has 0 aromatic carbocycles. The van der Waals surface area contributed by atoms with Crippen molar-refractivity contribution < 1.29 is 13.6 Å². The standard InChI is InChI=1S/C11H21O3P/c1-4-10-7-11(8-10,9-10)15(12,13-5-2)14-6-3/h4-9H2,1-3H3. The van der Waals surface area contributed by atoms with E-state index < -0.39 is 7.60 Å². The van der Waals surface area contributed by atoms with Gasteiger partial charge in [0.05, 0.1) is 18.4 Å². The van der Waals surface area contributed by atoms with Gasteiger partial charge in [-0.15, -0.1) is 0 Å². The summed E-state index contributed by atoms with van der Waals surface area (Å²) >= 11 is 0. The van der Waals surface area contributed by atoms with Crippen LogP contribution in [0.5, 0.6) is 0 Å². The molecule has 3 aliphatic rings. The fourth-order valence-corrected chi connectivity index (χ4v) is 6.14. The summed E-state index contributed by atoms with van der Waals surface area (Å²) in [5, 5.41) is -0.102. The molecule has 0 radical (unpaired) electrons. The molecular formula is C11H21O3P. The van der Waals surface area contributed by atoms with Crippen LogP contribution in [-0.2, 0) is 13.6 Å². The fraction of sp³-hybridized carbons (Fsp3) is 1.00. The lowest BCUT2D eigenvalue weighted by Crippen LogP contribution is -2.66. The first-order valence-corrected chi connectivity index (χ1v) is 7.49. The zero-order valence-corrected chi connectivity index (χ0v) is 10.8. The largest absolute Gasteiger partial charge is 0.336 e. The van der Waals surface area contributed by atoms with E-state index in [-0.39, 0.29) is 5.16 Å². The van der Waals surface area contributed by atoms with Crippen LogP contribution in [0.2, 0.25) is 0 Å². The van der Waals surface area contributed by atoms with Crippen molar-refractivity contribution in [2.45, 2.75) is 51.6 Å². The van der Waals surface area contributed by atoms with Crippen molar-refractivity contribution in [3.63, 3.8) is 0 Å². The van der Waals surface area contributed by atoms with Gasteiger partial charge in [0.25, 0.3) is 0 Å². The van der Waals surface area contributed by atoms with Crippen LogP contribution in [0.15, 0.2) is 0 Å². The molecule has 0 aromatic heterocycles. The molecule has 0 aliphatic heterocycles. The molecule has 4 heteroatoms. The second-order valence-electron chi connectivity index (χ2n) is 4.94. The van der Waals surface area contributed by atoms with Crippen LogP contribution >= 0.6 is 7.60 Å². The highest BCUT2D eigenvalue weighted by atomic mass is 31.2. The molecule has 0 aromatic rings. The van der Waals surface area contributed by atoms with Gasteiger partial charge in [0.15, 0.2) is 0 Å². The highest BCUT2D eigenvalue weighted by Gasteiger charge is 2.75. The monoisotopic (exact) mass is 232 g/mol. The van der Waals surface area contributed by atoms with Crippen molar-refractivity contribution in [3.05, 3.63) is 0 Å². The maximum atomic E-state index is 12.6. The Morgan fingerprint density at radius 1 is 1.07 bits per heavy atom. The van der Waals surface area contributed by atoms with Gasteiger partial charge in [0, 0.05) is 0 Å². The average Bonchev–Trinajstić information content (AvgIpc) is 2.00. The van der Waals surface area contributed by atoms with Crippen LogP contribution in [0, 0.1) is 5.41 Å². The van der Waals surface area contributed by atoms with E-state index in [0.717, 1.165) is 19.3 Å². The first kappa shape index (κ1) is 11.6. The molecule has 0 spiro atoms. The Balaban J connectivity index is 2.06. The molecule has 0 saturated heterocycles. The Morgan fingerprint density at radius 2 is 1.53 bits per heavy atom. The summed E-state index contributed by atoms with van der Waals surface area (Å²) in [5.74, 6) is 0. The third-order valence-corrected chi connectivity index (χ3v) is 6.87. The zero-order valence-electron chi connectivity index (χ0n) is 9.91. The van der Waals surface area contributed by atoms with Gasteiger partial charge < -0.3 is 9.05 Å². The van der Waals surface area contributed by atoms with Crippen LogP contribution < -0.4 is 0 Å². The molecular weight excluding hydrogens is 211 g/mol. The maximum Gasteiger partial charge on any atom is 0.336 e. The summed E-state index contributed by atoms with van der Waals surface area (Å²) in [6, 6.07) is 0. The number of hydrogen-bond donors (Lipinski definition) is 0. The minimum absolute atomic E-state index is 0.102. The van der Waals surface area contributed by atoms with Gasteiger partial charge in [-0.1, -0.05) is 13.3 Å². The molecule has 0 N–H and O–H groups in total. The molecule has 15 heavy (non-hydrogen) atoms. The summed E-state index contributed by atoms with van der Waals surface area (Å²) in [5.41, 5.74) is 0.490. The van der Waals surface area contributed by atoms with Crippen molar-refractivity contribution in [2.75, 3.05) is 13.2 Å². The molecule has 3 fully saturated rings. The molecule has 3 saturated carbocycles. The van der Waals surface area contributed by atoms with E-state index in [1.807, 2.05) is 13.8 Å². The second-order valence-corrected chi connectivity index (χ2v) is 7.40. The zero-order chi connectivity index (χ0) is 11.2. The van der Waals surface area contributed by atoms with Gasteiger partial charge in [-0.2, -0.15) is 0 Å². The molecule has 3 rings (SSSR count). The first-order valence-electron chi connectivity index (χ1n) is 5.94. The topological polar surface area (TPSA) is 35.5 Å². The van der Waals surface area contributed by atoms with Crippen LogP contribution in [0.4, 0.5) is 0 Å². The summed E-state index contributed by atoms with van der Waals surface area (Å²) < 4.78 is 23.4. The van der Waals surface area contributed by atoms with E-state index in [2.05, 4.69) is 6.92 Å². The molecule has 2 bridgehead atoms. The van der Waals surface area contributed by atoms with Gasteiger partial charge in [0.1, 0.15) is 0 Å². The van der Waals surface area contributed by atoms with Crippen molar-refractivity contribution in [2.24, 2.45) is 5.41 Å². The summed E-state index contributed by atoms with van der Waals surface area (Å²) in [6.07, 6.45) is 4.35. The molecule has 0 unspecified atom stereocenters. The van der Waals surface area contributed by atoms with E-state index >= 15 is 0 Å². The Bertz CT molecular complexity index is 270. The lowest BCUT2D eigenvalue weighted by atomic mass is 9.43. The predicted molar refractivity (Wildman–Crippen MR) is 60.2 cm³/mol. The van der Waals surface area contributed by atoms with Gasteiger partial charge >= 0.3 is 7.60 Å². The summed E-state index contributed by atoms with van der Waals surface area (Å²) in [6.45, 7) is 6.95. The SMILES string of the molecule is CCOP(=O)(OCC)C12CC(CC)(C1)C2. The van der Waals surface area contributed by atoms with Crippen molar-refractivity contribution in [3.8, 4) is 0 Å². The average molecular weight is 232 g/mol. The highest BCUT2D eigenvalue weighted by Crippen LogP contribution is 2.85. The van der Waals surface area contributed by atoms with Crippen molar-refractivity contribution in [1.82, 2.24) is 0 Å². The van der Waals surface area contributed by atoms with Crippen LogP contribution in [-0.4, -0.2) is 18.4 Å². The number of rotatable bonds is 6. The molecule has 3 aliphatic carbocycles. The summed E-state index contributed by atoms with van der Waals surface area (Å²) in [7, 11) is -2.83. The smallest absolute Gasteiger partial charge is 0.308 e. The van der Waals surface area contributed by atoms with Crippen LogP contribution in [0.3, 0.4) is 0 Å². The molecule has 0 heterocycles. The van der Waals surface area contributed by atoms with Crippen LogP contribution in [0.1, 0.15) is 46.5 Å². The van der Waals surface area contributed by atoms with E-state index in [9.17, 15) is 4.57 Å². The molecule has 3 nitrogen and oxygen atoms in total. The third-order valence-electron chi connectivity index (χ3n) is 4.04. The van der Waals surface area contributed by atoms with E-state index in [4.69, 9.17) is 9.05 Å². The van der Waals surface area contributed by atoms with Gasteiger partial charge in [-0.25, -0.2) is 0 Å². The van der Waals surface area contributed by atoms with Gasteiger partial charge in [-0.05, 0) is 38.5 Å². The Kier molecular flexibility index (Phi) is 2.77. The van der Waals surface area contributed by atoms with E-state index in [1.165, 1.54) is 6.42 Å². The van der Waals surface area contributed by atoms with Crippen LogP contribution in [0.25, 0.3) is 0 Å². The first-order chi connectivity index (χ1) is 7.05. The minimum atomic E-state index is -2.83. The van der Waals surface area contributed by atoms with Gasteiger partial charge in [0.2, 0.25) is 0 Å². The number of hydrogen-bond acceptors (Lipinski definition) is 3. The van der Waals surface area contributed by atoms with E-state index in [0.29, 0.717) is 18.6 Å². The Morgan fingerprint density at radius 3 is 1.87 bits per heavy atom. The van der Waals surface area contributed by atoms with Gasteiger partial charge in [-0.3, -0.25) is 4.57 Å². The maximum absolute atomic E-state index is 12.6. The molecule has 88 valence electrons. The Hall–Kier alpha value is 0.150. The molecule has 0 atom stereocenters. The predicted octanol–water partition coefficient (Wildman–Crippen LogP) is 3.59. The Labute approximate surface area is 92.1 Å². The lowest BCUT2D eigenvalue weighted by Gasteiger charge is -2.71. The fourth-order valence-electron chi connectivity index (χ4n) is 3.26. The normalized spacial score (nSPS) is 38.3. The van der Waals surface area contributed by atoms with E-state index in [1.54, 1.807) is 0 Å². The summed E-state index contributed by atoms with van der Waals surface area (Å²) in [4.78, 5) is 0. The minimum Gasteiger partial charge on any atom is -0.308 e. The van der Waals surface area contributed by atoms with Crippen molar-refractivity contribution >= 4 is 7.60 Å². The lowest BCUT2D eigenvalue weighted by molar-refractivity contribution is -0.101. The van der Waals surface area contributed by atoms with Crippen molar-refractivity contribution in [1.29, 1.82) is 0 Å². The third kappa shape index (κ3) is 1.44. The molecule has 0 amide bonds. The second kappa shape index (κ2) is 3.58. The quantitative estimate of drug-likeness (QED) is 0.656.